The number of aromatic amines is 1. The molecule has 0 bridgehead atoms. The maximum absolute atomic E-state index is 11.1. The number of aromatic nitrogens is 2. The topological polar surface area (TPSA) is 52.2 Å². The van der Waals surface area contributed by atoms with Gasteiger partial charge in [-0.1, -0.05) is 48.1 Å². The number of aryl methyl sites for hydroxylation is 1. The van der Waals surface area contributed by atoms with Crippen molar-refractivity contribution in [2.24, 2.45) is 0 Å². The predicted octanol–water partition coefficient (Wildman–Crippen LogP) is 6.73. The van der Waals surface area contributed by atoms with Crippen molar-refractivity contribution in [1.82, 2.24) is 14.9 Å². The lowest BCUT2D eigenvalue weighted by atomic mass is 9.79. The molecule has 5 heteroatoms. The summed E-state index contributed by atoms with van der Waals surface area (Å²) >= 11 is 0. The van der Waals surface area contributed by atoms with Gasteiger partial charge < -0.3 is 9.88 Å². The summed E-state index contributed by atoms with van der Waals surface area (Å²) in [5, 5.41) is 3.49. The molecule has 39 heavy (non-hydrogen) atoms. The lowest BCUT2D eigenvalue weighted by Crippen LogP contribution is -2.53. The number of nitrogens with one attached hydrogen (secondary N) is 1. The molecule has 3 aliphatic rings. The van der Waals surface area contributed by atoms with E-state index in [0.29, 0.717) is 5.39 Å². The summed E-state index contributed by atoms with van der Waals surface area (Å²) in [6.45, 7) is 11.5. The van der Waals surface area contributed by atoms with Crippen molar-refractivity contribution in [2.45, 2.75) is 52.0 Å². The van der Waals surface area contributed by atoms with Crippen LogP contribution in [0.2, 0.25) is 0 Å². The van der Waals surface area contributed by atoms with Crippen molar-refractivity contribution in [3.63, 3.8) is 0 Å². The number of benzene rings is 3. The summed E-state index contributed by atoms with van der Waals surface area (Å²) in [4.78, 5) is 22.7. The minimum Gasteiger partial charge on any atom is -0.369 e. The van der Waals surface area contributed by atoms with Crippen LogP contribution in [0.4, 0.5) is 5.69 Å². The number of allylic oxidation sites excluding steroid dienone is 4. The number of H-pyrrole nitrogens is 1. The third-order valence-electron chi connectivity index (χ3n) is 8.50. The lowest BCUT2D eigenvalue weighted by molar-refractivity contribution is 0.128. The van der Waals surface area contributed by atoms with Crippen molar-refractivity contribution < 1.29 is 0 Å². The molecule has 200 valence electrons. The zero-order valence-electron chi connectivity index (χ0n) is 23.3. The Balaban J connectivity index is 0.000000210. The van der Waals surface area contributed by atoms with Crippen molar-refractivity contribution in [1.29, 1.82) is 0 Å². The van der Waals surface area contributed by atoms with E-state index in [-0.39, 0.29) is 11.1 Å². The molecule has 1 N–H and O–H groups in total. The number of para-hydroxylation sites is 1. The third-order valence-corrected chi connectivity index (χ3v) is 8.50. The molecule has 0 unspecified atom stereocenters. The van der Waals surface area contributed by atoms with Gasteiger partial charge >= 0.3 is 0 Å². The normalized spacial score (nSPS) is 17.6. The van der Waals surface area contributed by atoms with E-state index in [9.17, 15) is 4.79 Å². The molecule has 2 aliphatic carbocycles. The van der Waals surface area contributed by atoms with E-state index in [0.717, 1.165) is 31.7 Å². The number of nitrogens with zero attached hydrogens (tertiary/aromatic N) is 3. The first-order valence-electron chi connectivity index (χ1n) is 14.3. The first-order chi connectivity index (χ1) is 18.9. The van der Waals surface area contributed by atoms with E-state index < -0.39 is 0 Å². The zero-order valence-corrected chi connectivity index (χ0v) is 23.3. The number of rotatable bonds is 1. The Hall–Kier alpha value is -3.70. The third kappa shape index (κ3) is 5.16. The standard InChI is InChI=1S/C26H32N2.C8H6N2O/c1-26(2,3)28-16-14-27(15-17-28)21-10-13-23-20(18-21)9-12-24-22-7-5-4-6-19(22)8-11-25(23)24;11-8-6-3-1-2-4-7(6)9-5-10-8/h5,7,9-10,12-13,18H,4,6,8,11,14-17H2,1-3H3;1-5H,(H,9,10,11). The van der Waals surface area contributed by atoms with Crippen molar-refractivity contribution in [3.8, 4) is 0 Å². The van der Waals surface area contributed by atoms with Gasteiger partial charge in [0.15, 0.2) is 0 Å². The smallest absolute Gasteiger partial charge is 0.258 e. The quantitative estimate of drug-likeness (QED) is 0.303. The SMILES string of the molecule is CC(C)(C)N1CCN(c2ccc3c4c(ccc3c2)C2=C(CCC=C2)CC4)CC1.O=c1[nH]cnc2ccccc12. The van der Waals surface area contributed by atoms with E-state index in [1.165, 1.54) is 59.6 Å². The fourth-order valence-corrected chi connectivity index (χ4v) is 6.28. The van der Waals surface area contributed by atoms with Gasteiger partial charge in [-0.2, -0.15) is 0 Å². The molecule has 0 amide bonds. The maximum Gasteiger partial charge on any atom is 0.258 e. The Morgan fingerprint density at radius 3 is 2.49 bits per heavy atom. The van der Waals surface area contributed by atoms with Crippen LogP contribution >= 0.6 is 0 Å². The Bertz CT molecular complexity index is 1630. The van der Waals surface area contributed by atoms with Crippen LogP contribution < -0.4 is 10.5 Å². The lowest BCUT2D eigenvalue weighted by Gasteiger charge is -2.43. The molecular formula is C34H38N4O. The number of piperazine rings is 1. The Morgan fingerprint density at radius 1 is 0.872 bits per heavy atom. The highest BCUT2D eigenvalue weighted by atomic mass is 16.1. The highest BCUT2D eigenvalue weighted by Crippen LogP contribution is 2.40. The number of hydrogen-bond acceptors (Lipinski definition) is 4. The van der Waals surface area contributed by atoms with Crippen LogP contribution in [0, 0.1) is 0 Å². The van der Waals surface area contributed by atoms with Gasteiger partial charge in [-0.15, -0.1) is 0 Å². The molecule has 1 saturated heterocycles. The Labute approximate surface area is 230 Å². The molecule has 5 nitrogen and oxygen atoms in total. The van der Waals surface area contributed by atoms with Crippen molar-refractivity contribution >= 4 is 32.9 Å². The van der Waals surface area contributed by atoms with E-state index in [4.69, 9.17) is 0 Å². The van der Waals surface area contributed by atoms with Gasteiger partial charge in [0.2, 0.25) is 0 Å². The molecule has 1 aliphatic heterocycles. The predicted molar refractivity (Wildman–Crippen MR) is 163 cm³/mol. The molecule has 0 spiro atoms. The largest absolute Gasteiger partial charge is 0.369 e. The number of hydrogen-bond donors (Lipinski definition) is 1. The van der Waals surface area contributed by atoms with Crippen LogP contribution in [0.25, 0.3) is 27.2 Å². The fraction of sp³-hybridized carbons (Fsp3) is 0.353. The average Bonchev–Trinajstić information content (AvgIpc) is 2.97. The van der Waals surface area contributed by atoms with Gasteiger partial charge in [-0.25, -0.2) is 4.98 Å². The Kier molecular flexibility index (Phi) is 6.86. The molecule has 7 rings (SSSR count). The van der Waals surface area contributed by atoms with E-state index in [1.54, 1.807) is 17.2 Å². The van der Waals surface area contributed by atoms with E-state index in [2.05, 4.69) is 83.0 Å². The molecule has 3 aromatic carbocycles. The summed E-state index contributed by atoms with van der Waals surface area (Å²) in [5.74, 6) is 0. The average molecular weight is 519 g/mol. The highest BCUT2D eigenvalue weighted by Gasteiger charge is 2.26. The summed E-state index contributed by atoms with van der Waals surface area (Å²) in [5.41, 5.74) is 8.53. The number of anilines is 1. The highest BCUT2D eigenvalue weighted by molar-refractivity contribution is 5.95. The van der Waals surface area contributed by atoms with Gasteiger partial charge in [0.1, 0.15) is 0 Å². The van der Waals surface area contributed by atoms with Crippen LogP contribution in [0.5, 0.6) is 0 Å². The molecule has 0 radical (unpaired) electrons. The van der Waals surface area contributed by atoms with Crippen LogP contribution in [0.1, 0.15) is 51.2 Å². The van der Waals surface area contributed by atoms with E-state index in [1.807, 2.05) is 18.2 Å². The van der Waals surface area contributed by atoms with Crippen molar-refractivity contribution in [2.75, 3.05) is 31.1 Å². The summed E-state index contributed by atoms with van der Waals surface area (Å²) in [6.07, 6.45) is 11.0. The van der Waals surface area contributed by atoms with Gasteiger partial charge in [-0.3, -0.25) is 9.69 Å². The first kappa shape index (κ1) is 25.6. The molecule has 2 heterocycles. The molecule has 1 fully saturated rings. The van der Waals surface area contributed by atoms with Crippen LogP contribution in [-0.4, -0.2) is 46.6 Å². The molecule has 1 aromatic heterocycles. The summed E-state index contributed by atoms with van der Waals surface area (Å²) < 4.78 is 0. The summed E-state index contributed by atoms with van der Waals surface area (Å²) in [7, 11) is 0. The molecule has 0 atom stereocenters. The summed E-state index contributed by atoms with van der Waals surface area (Å²) in [6, 6.07) is 19.1. The minimum atomic E-state index is -0.0874. The first-order valence-corrected chi connectivity index (χ1v) is 14.3. The van der Waals surface area contributed by atoms with Crippen LogP contribution in [0.15, 0.2) is 83.4 Å². The Morgan fingerprint density at radius 2 is 1.69 bits per heavy atom. The minimum absolute atomic E-state index is 0.0874. The second kappa shape index (κ2) is 10.5. The van der Waals surface area contributed by atoms with Crippen LogP contribution in [0.3, 0.4) is 0 Å². The van der Waals surface area contributed by atoms with Gasteiger partial charge in [0.05, 0.1) is 17.2 Å². The zero-order chi connectivity index (χ0) is 27.0. The monoisotopic (exact) mass is 518 g/mol. The second-order valence-electron chi connectivity index (χ2n) is 11.8. The fourth-order valence-electron chi connectivity index (χ4n) is 6.28. The van der Waals surface area contributed by atoms with E-state index >= 15 is 0 Å². The van der Waals surface area contributed by atoms with Crippen LogP contribution in [-0.2, 0) is 6.42 Å². The van der Waals surface area contributed by atoms with Crippen molar-refractivity contribution in [3.05, 3.63) is 100 Å². The number of fused-ring (bicyclic) bond motifs is 5. The second-order valence-corrected chi connectivity index (χ2v) is 11.8. The molecule has 4 aromatic rings. The maximum atomic E-state index is 11.1. The van der Waals surface area contributed by atoms with Gasteiger partial charge in [0.25, 0.3) is 5.56 Å². The van der Waals surface area contributed by atoms with Gasteiger partial charge in [0, 0.05) is 37.4 Å². The van der Waals surface area contributed by atoms with Gasteiger partial charge in [-0.05, 0) is 98.2 Å². The molecule has 0 saturated carbocycles. The molecular weight excluding hydrogens is 480 g/mol.